The van der Waals surface area contributed by atoms with E-state index in [1.165, 1.54) is 12.8 Å². The highest BCUT2D eigenvalue weighted by atomic mass is 16.5. The third-order valence-electron chi connectivity index (χ3n) is 4.02. The molecule has 16 heavy (non-hydrogen) atoms. The van der Waals surface area contributed by atoms with Gasteiger partial charge in [-0.3, -0.25) is 4.90 Å². The molecule has 0 aromatic heterocycles. The van der Waals surface area contributed by atoms with Gasteiger partial charge in [-0.25, -0.2) is 0 Å². The predicted octanol–water partition coefficient (Wildman–Crippen LogP) is 1.65. The number of aliphatic hydroxyl groups is 1. The fourth-order valence-electron chi connectivity index (χ4n) is 3.23. The van der Waals surface area contributed by atoms with Crippen molar-refractivity contribution in [3.63, 3.8) is 0 Å². The van der Waals surface area contributed by atoms with Gasteiger partial charge < -0.3 is 9.84 Å². The normalized spacial score (nSPS) is 28.7. The van der Waals surface area contributed by atoms with E-state index in [2.05, 4.69) is 11.8 Å². The van der Waals surface area contributed by atoms with Crippen molar-refractivity contribution in [3.05, 3.63) is 0 Å². The number of likely N-dealkylation sites (tertiary alicyclic amines) is 1. The molecule has 1 spiro atoms. The van der Waals surface area contributed by atoms with E-state index in [-0.39, 0.29) is 0 Å². The van der Waals surface area contributed by atoms with Crippen LogP contribution >= 0.6 is 0 Å². The highest BCUT2D eigenvalue weighted by Gasteiger charge is 2.45. The molecule has 1 atom stereocenters. The van der Waals surface area contributed by atoms with Crippen LogP contribution in [0.2, 0.25) is 0 Å². The topological polar surface area (TPSA) is 32.7 Å². The van der Waals surface area contributed by atoms with Gasteiger partial charge in [-0.2, -0.15) is 0 Å². The van der Waals surface area contributed by atoms with Gasteiger partial charge in [0.2, 0.25) is 0 Å². The highest BCUT2D eigenvalue weighted by Crippen LogP contribution is 2.40. The molecule has 0 aromatic rings. The van der Waals surface area contributed by atoms with E-state index in [4.69, 9.17) is 4.74 Å². The van der Waals surface area contributed by atoms with Gasteiger partial charge in [0, 0.05) is 38.3 Å². The highest BCUT2D eigenvalue weighted by molar-refractivity contribution is 4.97. The van der Waals surface area contributed by atoms with Crippen LogP contribution in [0.1, 0.15) is 39.5 Å². The molecule has 2 heterocycles. The summed E-state index contributed by atoms with van der Waals surface area (Å²) in [5.41, 5.74) is 0.0298. The Balaban J connectivity index is 1.75. The Morgan fingerprint density at radius 2 is 1.94 bits per heavy atom. The number of rotatable bonds is 4. The Morgan fingerprint density at radius 3 is 2.50 bits per heavy atom. The van der Waals surface area contributed by atoms with Gasteiger partial charge in [0.25, 0.3) is 0 Å². The summed E-state index contributed by atoms with van der Waals surface area (Å²) >= 11 is 0. The molecule has 2 aliphatic heterocycles. The maximum atomic E-state index is 10.2. The second-order valence-corrected chi connectivity index (χ2v) is 6.00. The predicted molar refractivity (Wildman–Crippen MR) is 64.5 cm³/mol. The molecule has 2 fully saturated rings. The minimum absolute atomic E-state index is 0.498. The Kier molecular flexibility index (Phi) is 3.57. The maximum Gasteiger partial charge on any atom is 0.0746 e. The van der Waals surface area contributed by atoms with Gasteiger partial charge >= 0.3 is 0 Å². The fourth-order valence-corrected chi connectivity index (χ4v) is 3.23. The van der Waals surface area contributed by atoms with Gasteiger partial charge in [-0.1, -0.05) is 13.3 Å². The summed E-state index contributed by atoms with van der Waals surface area (Å²) in [6.45, 7) is 9.12. The average molecular weight is 227 g/mol. The molecule has 2 saturated heterocycles. The number of hydrogen-bond acceptors (Lipinski definition) is 3. The van der Waals surface area contributed by atoms with Crippen LogP contribution in [-0.2, 0) is 4.74 Å². The first kappa shape index (κ1) is 12.3. The fraction of sp³-hybridized carbons (Fsp3) is 1.00. The van der Waals surface area contributed by atoms with Crippen molar-refractivity contribution in [2.24, 2.45) is 5.41 Å². The summed E-state index contributed by atoms with van der Waals surface area (Å²) in [6, 6.07) is 0. The molecule has 0 amide bonds. The van der Waals surface area contributed by atoms with Crippen molar-refractivity contribution in [1.82, 2.24) is 4.90 Å². The van der Waals surface area contributed by atoms with Gasteiger partial charge in [0.15, 0.2) is 0 Å². The van der Waals surface area contributed by atoms with Crippen LogP contribution in [-0.4, -0.2) is 48.5 Å². The number of nitrogens with zero attached hydrogens (tertiary/aromatic N) is 1. The minimum atomic E-state index is -0.498. The zero-order valence-corrected chi connectivity index (χ0v) is 10.7. The zero-order valence-electron chi connectivity index (χ0n) is 10.7. The lowest BCUT2D eigenvalue weighted by molar-refractivity contribution is -0.107. The van der Waals surface area contributed by atoms with E-state index in [0.717, 1.165) is 45.7 Å². The zero-order chi connectivity index (χ0) is 11.6. The lowest BCUT2D eigenvalue weighted by Crippen LogP contribution is -2.61. The second-order valence-electron chi connectivity index (χ2n) is 6.00. The average Bonchev–Trinajstić information content (AvgIpc) is 2.16. The molecule has 0 aliphatic carbocycles. The van der Waals surface area contributed by atoms with Gasteiger partial charge in [0.1, 0.15) is 0 Å². The van der Waals surface area contributed by atoms with E-state index in [0.29, 0.717) is 5.41 Å². The molecule has 0 saturated carbocycles. The first-order valence-corrected chi connectivity index (χ1v) is 6.58. The van der Waals surface area contributed by atoms with E-state index in [1.54, 1.807) is 0 Å². The number of ether oxygens (including phenoxy) is 1. The van der Waals surface area contributed by atoms with Crippen LogP contribution < -0.4 is 0 Å². The Morgan fingerprint density at radius 1 is 1.31 bits per heavy atom. The lowest BCUT2D eigenvalue weighted by atomic mass is 9.73. The van der Waals surface area contributed by atoms with Crippen molar-refractivity contribution in [3.8, 4) is 0 Å². The Labute approximate surface area is 98.8 Å². The molecule has 2 aliphatic rings. The third-order valence-corrected chi connectivity index (χ3v) is 4.02. The summed E-state index contributed by atoms with van der Waals surface area (Å²) in [7, 11) is 0. The molecular weight excluding hydrogens is 202 g/mol. The smallest absolute Gasteiger partial charge is 0.0746 e. The van der Waals surface area contributed by atoms with Crippen molar-refractivity contribution in [1.29, 1.82) is 0 Å². The Bertz CT molecular complexity index is 226. The van der Waals surface area contributed by atoms with E-state index in [9.17, 15) is 5.11 Å². The molecule has 3 nitrogen and oxygen atoms in total. The van der Waals surface area contributed by atoms with E-state index in [1.807, 2.05) is 6.92 Å². The van der Waals surface area contributed by atoms with E-state index >= 15 is 0 Å². The largest absolute Gasteiger partial charge is 0.389 e. The molecule has 1 N–H and O–H groups in total. The van der Waals surface area contributed by atoms with Gasteiger partial charge in [0.05, 0.1) is 5.60 Å². The summed E-state index contributed by atoms with van der Waals surface area (Å²) in [5.74, 6) is 0. The summed E-state index contributed by atoms with van der Waals surface area (Å²) in [6.07, 6.45) is 4.37. The SMILES string of the molecule is CCCC(C)(O)CN1CC2(CCOCC2)C1. The van der Waals surface area contributed by atoms with Crippen LogP contribution in [0.15, 0.2) is 0 Å². The molecule has 1 unspecified atom stereocenters. The summed E-state index contributed by atoms with van der Waals surface area (Å²) in [5, 5.41) is 10.2. The monoisotopic (exact) mass is 227 g/mol. The van der Waals surface area contributed by atoms with Crippen LogP contribution in [0, 0.1) is 5.41 Å². The molecule has 94 valence electrons. The van der Waals surface area contributed by atoms with Crippen LogP contribution in [0.3, 0.4) is 0 Å². The minimum Gasteiger partial charge on any atom is -0.389 e. The Hall–Kier alpha value is -0.120. The second kappa shape index (κ2) is 4.63. The van der Waals surface area contributed by atoms with Crippen molar-refractivity contribution >= 4 is 0 Å². The van der Waals surface area contributed by atoms with Crippen molar-refractivity contribution in [2.75, 3.05) is 32.8 Å². The first-order chi connectivity index (χ1) is 7.55. The molecule has 3 heteroatoms. The molecule has 0 bridgehead atoms. The first-order valence-electron chi connectivity index (χ1n) is 6.58. The van der Waals surface area contributed by atoms with Gasteiger partial charge in [-0.05, 0) is 26.2 Å². The maximum absolute atomic E-state index is 10.2. The summed E-state index contributed by atoms with van der Waals surface area (Å²) < 4.78 is 5.41. The van der Waals surface area contributed by atoms with Gasteiger partial charge in [-0.15, -0.1) is 0 Å². The molecule has 2 rings (SSSR count). The quantitative estimate of drug-likeness (QED) is 0.792. The van der Waals surface area contributed by atoms with Crippen molar-refractivity contribution < 1.29 is 9.84 Å². The van der Waals surface area contributed by atoms with Crippen LogP contribution in [0.4, 0.5) is 0 Å². The summed E-state index contributed by atoms with van der Waals surface area (Å²) in [4.78, 5) is 2.40. The standard InChI is InChI=1S/C13H25NO2/c1-3-4-12(2,15)9-14-10-13(11-14)5-7-16-8-6-13/h15H,3-11H2,1-2H3. The molecule has 0 radical (unpaired) electrons. The van der Waals surface area contributed by atoms with E-state index < -0.39 is 5.60 Å². The van der Waals surface area contributed by atoms with Crippen molar-refractivity contribution in [2.45, 2.75) is 45.1 Å². The van der Waals surface area contributed by atoms with Crippen LogP contribution in [0.25, 0.3) is 0 Å². The number of hydrogen-bond donors (Lipinski definition) is 1. The third kappa shape index (κ3) is 2.76. The molecule has 0 aromatic carbocycles. The number of β-amino-alcohol motifs (C(OH)–C–C–N with tert-alkyl or cyclic N) is 1. The lowest BCUT2D eigenvalue weighted by Gasteiger charge is -2.53. The van der Waals surface area contributed by atoms with Crippen LogP contribution in [0.5, 0.6) is 0 Å². The molecular formula is C13H25NO2.